The number of sulfonamides is 2. The minimum atomic E-state index is -4.13. The Labute approximate surface area is 344 Å². The average Bonchev–Trinajstić information content (AvgIpc) is 3.58. The third kappa shape index (κ3) is 8.66. The van der Waals surface area contributed by atoms with Gasteiger partial charge in [0.15, 0.2) is 11.6 Å². The van der Waals surface area contributed by atoms with Crippen molar-refractivity contribution in [3.8, 4) is 0 Å². The Kier molecular flexibility index (Phi) is 12.1. The number of nitrogens with zero attached hydrogens (tertiary/aromatic N) is 1. The van der Waals surface area contributed by atoms with Crippen LogP contribution in [0.3, 0.4) is 0 Å². The number of hydrogen-bond donors (Lipinski definition) is 3. The molecular weight excluding hydrogens is 785 g/mol. The molecule has 5 rings (SSSR count). The SMILES string of the molecule is CCN(NC(=O)OC(C)(C)C)S(=O)(=O)CC12CCC(/C(=C/c3ccc(/C=C4\C(=O)C5(CS(=O)(=O)NCCNC(=O)OC(C)(C)C)CCC4C5(C)C)cc3)C1=O)C2(C)C. The van der Waals surface area contributed by atoms with Crippen LogP contribution in [0, 0.1) is 33.5 Å². The number of hydrazine groups is 1. The summed E-state index contributed by atoms with van der Waals surface area (Å²) in [5.74, 6) is -1.48. The highest BCUT2D eigenvalue weighted by molar-refractivity contribution is 7.89. The van der Waals surface area contributed by atoms with Gasteiger partial charge in [0.2, 0.25) is 20.0 Å². The quantitative estimate of drug-likeness (QED) is 0.120. The Hall–Kier alpha value is -3.60. The van der Waals surface area contributed by atoms with E-state index in [0.29, 0.717) is 36.8 Å². The summed E-state index contributed by atoms with van der Waals surface area (Å²) < 4.78 is 68.1. The molecule has 0 saturated heterocycles. The van der Waals surface area contributed by atoms with Gasteiger partial charge in [-0.3, -0.25) is 9.59 Å². The second-order valence-corrected chi connectivity index (χ2v) is 23.1. The van der Waals surface area contributed by atoms with Crippen LogP contribution in [-0.2, 0) is 39.1 Å². The molecule has 4 bridgehead atoms. The van der Waals surface area contributed by atoms with Crippen molar-refractivity contribution in [2.45, 2.75) is 113 Å². The van der Waals surface area contributed by atoms with E-state index in [-0.39, 0.29) is 48.8 Å². The zero-order chi connectivity index (χ0) is 43.5. The van der Waals surface area contributed by atoms with Crippen LogP contribution in [-0.4, -0.2) is 87.3 Å². The number of amides is 2. The maximum Gasteiger partial charge on any atom is 0.423 e. The molecule has 0 aromatic heterocycles. The van der Waals surface area contributed by atoms with E-state index in [2.05, 4.69) is 15.5 Å². The van der Waals surface area contributed by atoms with Gasteiger partial charge in [-0.2, -0.15) is 0 Å². The third-order valence-corrected chi connectivity index (χ3v) is 16.3. The van der Waals surface area contributed by atoms with E-state index < -0.39 is 70.8 Å². The molecule has 322 valence electrons. The highest BCUT2D eigenvalue weighted by atomic mass is 32.2. The fourth-order valence-corrected chi connectivity index (χ4v) is 13.7. The number of nitrogens with one attached hydrogen (secondary N) is 3. The summed E-state index contributed by atoms with van der Waals surface area (Å²) >= 11 is 0. The number of alkyl carbamates (subject to hydrolysis) is 1. The number of ketones is 2. The van der Waals surface area contributed by atoms with Gasteiger partial charge < -0.3 is 14.8 Å². The zero-order valence-electron chi connectivity index (χ0n) is 35.8. The van der Waals surface area contributed by atoms with Gasteiger partial charge in [-0.05, 0) is 120 Å². The molecule has 1 aromatic carbocycles. The fourth-order valence-electron chi connectivity index (χ4n) is 9.81. The van der Waals surface area contributed by atoms with Gasteiger partial charge >= 0.3 is 12.2 Å². The van der Waals surface area contributed by atoms with Gasteiger partial charge in [0, 0.05) is 30.8 Å². The molecule has 0 spiro atoms. The molecule has 4 aliphatic rings. The molecule has 58 heavy (non-hydrogen) atoms. The first-order valence-electron chi connectivity index (χ1n) is 20.1. The van der Waals surface area contributed by atoms with Crippen molar-refractivity contribution in [1.82, 2.24) is 19.9 Å². The molecule has 2 amide bonds. The number of carbonyl (C=O) groups excluding carboxylic acids is 4. The first-order chi connectivity index (χ1) is 26.5. The lowest BCUT2D eigenvalue weighted by molar-refractivity contribution is -0.125. The summed E-state index contributed by atoms with van der Waals surface area (Å²) in [6, 6.07) is 7.44. The molecule has 1 aromatic rings. The standard InChI is InChI=1S/C42H62N4O10S2/c1-12-46(45-36(50)56-38(5,6)7)58(53,54)26-42-20-18-32(40(42,10)11)30(34(42)48)24-28-15-13-27(14-16-28)23-29-31-17-19-41(33(29)47,39(31,8)9)25-57(51,52)44-22-21-43-35(49)55-37(2,3)4/h13-16,23-24,31-32,44H,12,17-22,25-26H2,1-11H3,(H,43,49)(H,45,50)/b29-23-,30-24-. The Morgan fingerprint density at radius 1 is 0.741 bits per heavy atom. The maximum absolute atomic E-state index is 14.3. The topological polar surface area (TPSA) is 194 Å². The molecule has 4 unspecified atom stereocenters. The molecule has 14 nitrogen and oxygen atoms in total. The minimum Gasteiger partial charge on any atom is -0.444 e. The smallest absolute Gasteiger partial charge is 0.423 e. The molecule has 4 atom stereocenters. The molecule has 4 fully saturated rings. The highest BCUT2D eigenvalue weighted by Crippen LogP contribution is 2.67. The molecular formula is C42H62N4O10S2. The highest BCUT2D eigenvalue weighted by Gasteiger charge is 2.69. The van der Waals surface area contributed by atoms with Gasteiger partial charge in [0.25, 0.3) is 0 Å². The van der Waals surface area contributed by atoms with E-state index in [4.69, 9.17) is 9.47 Å². The van der Waals surface area contributed by atoms with Crippen LogP contribution in [0.15, 0.2) is 35.4 Å². The first-order valence-corrected chi connectivity index (χ1v) is 23.3. The summed E-state index contributed by atoms with van der Waals surface area (Å²) in [4.78, 5) is 52.9. The first kappa shape index (κ1) is 45.5. The zero-order valence-corrected chi connectivity index (χ0v) is 37.5. The largest absolute Gasteiger partial charge is 0.444 e. The van der Waals surface area contributed by atoms with Gasteiger partial charge in [-0.1, -0.05) is 52.0 Å². The van der Waals surface area contributed by atoms with Gasteiger partial charge in [-0.25, -0.2) is 36.6 Å². The minimum absolute atomic E-state index is 0.0289. The molecule has 3 N–H and O–H groups in total. The normalized spacial score (nSPS) is 27.8. The predicted molar refractivity (Wildman–Crippen MR) is 222 cm³/mol. The Morgan fingerprint density at radius 2 is 1.17 bits per heavy atom. The summed E-state index contributed by atoms with van der Waals surface area (Å²) in [6.07, 6.45) is 4.31. The van der Waals surface area contributed by atoms with Crippen molar-refractivity contribution in [1.29, 1.82) is 0 Å². The summed E-state index contributed by atoms with van der Waals surface area (Å²) in [5, 5.41) is 2.54. The lowest BCUT2D eigenvalue weighted by Crippen LogP contribution is -2.52. The second-order valence-electron chi connectivity index (χ2n) is 19.4. The van der Waals surface area contributed by atoms with Crippen molar-refractivity contribution < 1.29 is 45.5 Å². The molecule has 0 heterocycles. The Bertz CT molecular complexity index is 2110. The van der Waals surface area contributed by atoms with Gasteiger partial charge in [0.05, 0.1) is 22.3 Å². The van der Waals surface area contributed by atoms with Crippen LogP contribution in [0.2, 0.25) is 0 Å². The van der Waals surface area contributed by atoms with Crippen molar-refractivity contribution in [3.05, 3.63) is 46.5 Å². The van der Waals surface area contributed by atoms with E-state index in [0.717, 1.165) is 15.5 Å². The molecule has 4 aliphatic carbocycles. The number of carbonyl (C=O) groups is 4. The fraction of sp³-hybridized carbons (Fsp3) is 0.667. The Morgan fingerprint density at radius 3 is 1.60 bits per heavy atom. The Balaban J connectivity index is 1.30. The number of benzene rings is 1. The lowest BCUT2D eigenvalue weighted by atomic mass is 9.70. The molecule has 4 saturated carbocycles. The van der Waals surface area contributed by atoms with Crippen molar-refractivity contribution in [2.75, 3.05) is 31.1 Å². The average molecular weight is 847 g/mol. The number of ether oxygens (including phenoxy) is 2. The van der Waals surface area contributed by atoms with Crippen LogP contribution in [0.1, 0.15) is 113 Å². The number of hydrogen-bond acceptors (Lipinski definition) is 10. The molecule has 0 aliphatic heterocycles. The van der Waals surface area contributed by atoms with Crippen molar-refractivity contribution >= 4 is 56.0 Å². The second kappa shape index (κ2) is 15.5. The van der Waals surface area contributed by atoms with E-state index in [1.54, 1.807) is 48.5 Å². The van der Waals surface area contributed by atoms with Crippen LogP contribution < -0.4 is 15.5 Å². The number of rotatable bonds is 13. The number of allylic oxidation sites excluding steroid dienone is 2. The number of fused-ring (bicyclic) bond motifs is 4. The van der Waals surface area contributed by atoms with Crippen LogP contribution in [0.4, 0.5) is 9.59 Å². The van der Waals surface area contributed by atoms with E-state index in [9.17, 15) is 36.0 Å². The van der Waals surface area contributed by atoms with Crippen molar-refractivity contribution in [3.63, 3.8) is 0 Å². The summed E-state index contributed by atoms with van der Waals surface area (Å²) in [5.41, 5.74) is -0.0305. The third-order valence-electron chi connectivity index (χ3n) is 12.9. The maximum atomic E-state index is 14.3. The molecule has 0 radical (unpaired) electrons. The van der Waals surface area contributed by atoms with E-state index in [1.807, 2.05) is 64.1 Å². The van der Waals surface area contributed by atoms with Gasteiger partial charge in [0.1, 0.15) is 11.2 Å². The monoisotopic (exact) mass is 846 g/mol. The van der Waals surface area contributed by atoms with Crippen LogP contribution in [0.5, 0.6) is 0 Å². The lowest BCUT2D eigenvalue weighted by Gasteiger charge is -2.37. The summed E-state index contributed by atoms with van der Waals surface area (Å²) in [7, 11) is -8.02. The predicted octanol–water partition coefficient (Wildman–Crippen LogP) is 6.00. The van der Waals surface area contributed by atoms with Crippen LogP contribution >= 0.6 is 0 Å². The summed E-state index contributed by atoms with van der Waals surface area (Å²) in [6.45, 7) is 19.6. The van der Waals surface area contributed by atoms with E-state index in [1.165, 1.54) is 0 Å². The van der Waals surface area contributed by atoms with Gasteiger partial charge in [-0.15, -0.1) is 4.41 Å². The van der Waals surface area contributed by atoms with E-state index >= 15 is 0 Å². The van der Waals surface area contributed by atoms with Crippen molar-refractivity contribution in [2.24, 2.45) is 33.5 Å². The van der Waals surface area contributed by atoms with Crippen LogP contribution in [0.25, 0.3) is 12.2 Å². The number of Topliss-reactive ketones (excluding diaryl/α,β-unsaturated/α-hetero) is 2. The molecule has 16 heteroatoms.